The average molecular weight is 354 g/mol. The zero-order valence-corrected chi connectivity index (χ0v) is 13.8. The molecule has 122 valence electrons. The molecule has 0 atom stereocenters. The van der Waals surface area contributed by atoms with Crippen LogP contribution < -0.4 is 11.1 Å². The molecule has 0 aliphatic heterocycles. The van der Waals surface area contributed by atoms with Gasteiger partial charge in [-0.05, 0) is 30.2 Å². The minimum Gasteiger partial charge on any atom is -0.507 e. The molecular weight excluding hydrogens is 337 g/mol. The van der Waals surface area contributed by atoms with Crippen molar-refractivity contribution in [2.45, 2.75) is 6.42 Å². The highest BCUT2D eigenvalue weighted by molar-refractivity contribution is 6.31. The lowest BCUT2D eigenvalue weighted by Crippen LogP contribution is -2.37. The topological polar surface area (TPSA) is 87.7 Å². The molecule has 2 aromatic rings. The lowest BCUT2D eigenvalue weighted by Gasteiger charge is -2.06. The molecule has 0 fully saturated rings. The number of nitrogens with zero attached hydrogens (tertiary/aromatic N) is 1. The molecule has 23 heavy (non-hydrogen) atoms. The number of amides is 1. The molecule has 0 spiro atoms. The van der Waals surface area contributed by atoms with Crippen LogP contribution in [0.15, 0.2) is 53.5 Å². The van der Waals surface area contributed by atoms with Crippen molar-refractivity contribution < 1.29 is 9.90 Å². The summed E-state index contributed by atoms with van der Waals surface area (Å²) in [5, 5.41) is 12.4. The molecule has 0 unspecified atom stereocenters. The van der Waals surface area contributed by atoms with Gasteiger partial charge in [-0.25, -0.2) is 0 Å². The molecule has 0 aliphatic carbocycles. The SMILES string of the molecule is Cl.NC(=NCCc1ccccc1)NC(=O)c1cc(Cl)ccc1O. The first kappa shape index (κ1) is 18.8. The Balaban J connectivity index is 0.00000264. The first-order valence-corrected chi connectivity index (χ1v) is 7.08. The summed E-state index contributed by atoms with van der Waals surface area (Å²) in [6.45, 7) is 0.456. The number of hydrogen-bond acceptors (Lipinski definition) is 3. The lowest BCUT2D eigenvalue weighted by molar-refractivity contribution is 0.0974. The minimum atomic E-state index is -0.555. The van der Waals surface area contributed by atoms with E-state index in [4.69, 9.17) is 17.3 Å². The molecule has 2 rings (SSSR count). The number of phenols is 1. The normalized spacial score (nSPS) is 10.7. The van der Waals surface area contributed by atoms with Crippen LogP contribution in [-0.2, 0) is 6.42 Å². The number of benzene rings is 2. The number of aliphatic imine (C=N–C) groups is 1. The first-order chi connectivity index (χ1) is 10.6. The van der Waals surface area contributed by atoms with Crippen molar-refractivity contribution in [3.63, 3.8) is 0 Å². The highest BCUT2D eigenvalue weighted by atomic mass is 35.5. The molecule has 0 aromatic heterocycles. The van der Waals surface area contributed by atoms with Crippen molar-refractivity contribution >= 4 is 35.9 Å². The largest absolute Gasteiger partial charge is 0.507 e. The number of phenolic OH excluding ortho intramolecular Hbond substituents is 1. The fourth-order valence-electron chi connectivity index (χ4n) is 1.86. The van der Waals surface area contributed by atoms with E-state index in [0.29, 0.717) is 11.6 Å². The van der Waals surface area contributed by atoms with Crippen LogP contribution in [0.1, 0.15) is 15.9 Å². The highest BCUT2D eigenvalue weighted by Gasteiger charge is 2.12. The number of nitrogens with one attached hydrogen (secondary N) is 1. The van der Waals surface area contributed by atoms with Gasteiger partial charge in [-0.15, -0.1) is 12.4 Å². The Labute approximate surface area is 145 Å². The van der Waals surface area contributed by atoms with E-state index < -0.39 is 5.91 Å². The van der Waals surface area contributed by atoms with Gasteiger partial charge < -0.3 is 10.8 Å². The number of nitrogens with two attached hydrogens (primary N) is 1. The number of rotatable bonds is 4. The lowest BCUT2D eigenvalue weighted by atomic mass is 10.2. The van der Waals surface area contributed by atoms with Crippen molar-refractivity contribution in [3.05, 3.63) is 64.7 Å². The van der Waals surface area contributed by atoms with E-state index in [0.717, 1.165) is 12.0 Å². The highest BCUT2D eigenvalue weighted by Crippen LogP contribution is 2.21. The van der Waals surface area contributed by atoms with Crippen LogP contribution >= 0.6 is 24.0 Å². The van der Waals surface area contributed by atoms with Gasteiger partial charge in [0.05, 0.1) is 5.56 Å². The third-order valence-corrected chi connectivity index (χ3v) is 3.21. The number of guanidine groups is 1. The number of carbonyl (C=O) groups is 1. The quantitative estimate of drug-likeness (QED) is 0.583. The maximum Gasteiger partial charge on any atom is 0.261 e. The predicted octanol–water partition coefficient (Wildman–Crippen LogP) is 2.75. The third kappa shape index (κ3) is 5.81. The molecule has 0 saturated heterocycles. The summed E-state index contributed by atoms with van der Waals surface area (Å²) >= 11 is 5.80. The smallest absolute Gasteiger partial charge is 0.261 e. The van der Waals surface area contributed by atoms with E-state index in [1.165, 1.54) is 18.2 Å². The molecule has 0 heterocycles. The first-order valence-electron chi connectivity index (χ1n) is 6.70. The molecule has 0 saturated carbocycles. The summed E-state index contributed by atoms with van der Waals surface area (Å²) in [7, 11) is 0. The molecular formula is C16H17Cl2N3O2. The molecule has 0 aliphatic rings. The van der Waals surface area contributed by atoms with Gasteiger partial charge >= 0.3 is 0 Å². The monoisotopic (exact) mass is 353 g/mol. The number of halogens is 2. The van der Waals surface area contributed by atoms with Gasteiger partial charge in [0.25, 0.3) is 5.91 Å². The number of carbonyl (C=O) groups excluding carboxylic acids is 1. The molecule has 4 N–H and O–H groups in total. The minimum absolute atomic E-state index is 0. The van der Waals surface area contributed by atoms with Crippen molar-refractivity contribution in [1.29, 1.82) is 0 Å². The van der Waals surface area contributed by atoms with E-state index in [2.05, 4.69) is 10.3 Å². The van der Waals surface area contributed by atoms with Gasteiger partial charge in [-0.2, -0.15) is 0 Å². The van der Waals surface area contributed by atoms with Gasteiger partial charge in [0.2, 0.25) is 0 Å². The van der Waals surface area contributed by atoms with Gasteiger partial charge in [-0.1, -0.05) is 41.9 Å². The zero-order chi connectivity index (χ0) is 15.9. The van der Waals surface area contributed by atoms with Crippen LogP contribution in [0.25, 0.3) is 0 Å². The van der Waals surface area contributed by atoms with E-state index in [1.807, 2.05) is 30.3 Å². The molecule has 7 heteroatoms. The van der Waals surface area contributed by atoms with Crippen molar-refractivity contribution in [2.75, 3.05) is 6.54 Å². The predicted molar refractivity (Wildman–Crippen MR) is 94.5 cm³/mol. The fourth-order valence-corrected chi connectivity index (χ4v) is 2.04. The summed E-state index contributed by atoms with van der Waals surface area (Å²) in [4.78, 5) is 16.1. The Hall–Kier alpha value is -2.24. The van der Waals surface area contributed by atoms with Gasteiger partial charge in [0.1, 0.15) is 5.75 Å². The van der Waals surface area contributed by atoms with Crippen LogP contribution in [-0.4, -0.2) is 23.5 Å². The Morgan fingerprint density at radius 2 is 1.91 bits per heavy atom. The van der Waals surface area contributed by atoms with Gasteiger partial charge in [-0.3, -0.25) is 15.1 Å². The van der Waals surface area contributed by atoms with Crippen molar-refractivity contribution in [1.82, 2.24) is 5.32 Å². The second-order valence-electron chi connectivity index (χ2n) is 4.62. The Morgan fingerprint density at radius 3 is 2.61 bits per heavy atom. The molecule has 1 amide bonds. The Kier molecular flexibility index (Phi) is 7.38. The molecule has 5 nitrogen and oxygen atoms in total. The van der Waals surface area contributed by atoms with Crippen LogP contribution in [0.3, 0.4) is 0 Å². The molecule has 2 aromatic carbocycles. The maximum atomic E-state index is 12.0. The number of hydrogen-bond donors (Lipinski definition) is 3. The van der Waals surface area contributed by atoms with E-state index >= 15 is 0 Å². The van der Waals surface area contributed by atoms with Crippen LogP contribution in [0.5, 0.6) is 5.75 Å². The van der Waals surface area contributed by atoms with Gasteiger partial charge in [0.15, 0.2) is 5.96 Å². The van der Waals surface area contributed by atoms with Crippen molar-refractivity contribution in [3.8, 4) is 5.75 Å². The Bertz CT molecular complexity index is 691. The third-order valence-electron chi connectivity index (χ3n) is 2.97. The van der Waals surface area contributed by atoms with E-state index in [9.17, 15) is 9.90 Å². The summed E-state index contributed by atoms with van der Waals surface area (Å²) in [6.07, 6.45) is 0.722. The second kappa shape index (κ2) is 9.02. The van der Waals surface area contributed by atoms with Crippen LogP contribution in [0, 0.1) is 0 Å². The van der Waals surface area contributed by atoms with Gasteiger partial charge in [0, 0.05) is 11.6 Å². The fraction of sp³-hybridized carbons (Fsp3) is 0.125. The standard InChI is InChI=1S/C16H16ClN3O2.ClH/c17-12-6-7-14(21)13(10-12)15(22)20-16(18)19-9-8-11-4-2-1-3-5-11;/h1-7,10,21H,8-9H2,(H3,18,19,20,22);1H. The zero-order valence-electron chi connectivity index (χ0n) is 12.2. The summed E-state index contributed by atoms with van der Waals surface area (Å²) in [5.74, 6) is -0.722. The summed E-state index contributed by atoms with van der Waals surface area (Å²) in [6, 6.07) is 14.0. The van der Waals surface area contributed by atoms with E-state index in [-0.39, 0.29) is 29.7 Å². The van der Waals surface area contributed by atoms with E-state index in [1.54, 1.807) is 0 Å². The maximum absolute atomic E-state index is 12.0. The summed E-state index contributed by atoms with van der Waals surface area (Å²) in [5.41, 5.74) is 6.85. The Morgan fingerprint density at radius 1 is 1.22 bits per heavy atom. The average Bonchev–Trinajstić information content (AvgIpc) is 2.50. The second-order valence-corrected chi connectivity index (χ2v) is 5.05. The number of aromatic hydroxyl groups is 1. The van der Waals surface area contributed by atoms with Crippen molar-refractivity contribution in [2.24, 2.45) is 10.7 Å². The summed E-state index contributed by atoms with van der Waals surface area (Å²) < 4.78 is 0. The molecule has 0 bridgehead atoms. The van der Waals surface area contributed by atoms with Crippen LogP contribution in [0.2, 0.25) is 5.02 Å². The van der Waals surface area contributed by atoms with Crippen LogP contribution in [0.4, 0.5) is 0 Å². The molecule has 0 radical (unpaired) electrons.